The molecule has 7 N–H and O–H groups in total. The second kappa shape index (κ2) is 9.18. The molecule has 0 saturated heterocycles. The smallest absolute Gasteiger partial charge is 0.0573 e. The van der Waals surface area contributed by atoms with E-state index in [4.69, 9.17) is 5.73 Å². The molecule has 4 nitrogen and oxygen atoms in total. The summed E-state index contributed by atoms with van der Waals surface area (Å²) in [6.45, 7) is 2.96. The van der Waals surface area contributed by atoms with Crippen LogP contribution in [-0.4, -0.2) is 17.5 Å². The van der Waals surface area contributed by atoms with E-state index in [1.54, 1.807) is 0 Å². The lowest BCUT2D eigenvalue weighted by molar-refractivity contribution is 0.823. The number of hydrogen-bond acceptors (Lipinski definition) is 2. The van der Waals surface area contributed by atoms with Crippen molar-refractivity contribution in [3.63, 3.8) is 0 Å². The van der Waals surface area contributed by atoms with E-state index in [1.165, 1.54) is 0 Å². The molecule has 0 amide bonds. The van der Waals surface area contributed by atoms with Crippen molar-refractivity contribution in [3.05, 3.63) is 24.3 Å². The molecule has 0 fully saturated rings. The lowest BCUT2D eigenvalue weighted by atomic mass is 10.3. The van der Waals surface area contributed by atoms with Gasteiger partial charge < -0.3 is 22.0 Å². The van der Waals surface area contributed by atoms with Gasteiger partial charge in [-0.25, -0.2) is 0 Å². The first-order chi connectivity index (χ1) is 4.84. The number of benzene rings is 1. The van der Waals surface area contributed by atoms with Crippen molar-refractivity contribution in [1.29, 1.82) is 0 Å². The number of hydrogen-bond donors (Lipinski definition) is 2. The van der Waals surface area contributed by atoms with Crippen LogP contribution in [0.4, 0.5) is 11.4 Å². The van der Waals surface area contributed by atoms with Crippen molar-refractivity contribution in [1.82, 2.24) is 0 Å². The number of anilines is 2. The van der Waals surface area contributed by atoms with Gasteiger partial charge >= 0.3 is 0 Å². The zero-order valence-electron chi connectivity index (χ0n) is 7.59. The van der Waals surface area contributed by atoms with Crippen molar-refractivity contribution >= 4 is 24.9 Å². The molecule has 13 heavy (non-hydrogen) atoms. The Balaban J connectivity index is -0.000000333. The summed E-state index contributed by atoms with van der Waals surface area (Å²) >= 11 is 0. The topological polar surface area (TPSA) is 101 Å². The minimum atomic E-state index is 0. The normalized spacial score (nSPS) is 7.15. The van der Waals surface area contributed by atoms with Gasteiger partial charge in [-0.2, -0.15) is 13.5 Å². The quantitative estimate of drug-likeness (QED) is 0.673. The van der Waals surface area contributed by atoms with E-state index < -0.39 is 0 Å². The van der Waals surface area contributed by atoms with Crippen LogP contribution in [-0.2, 0) is 0 Å². The summed E-state index contributed by atoms with van der Waals surface area (Å²) in [5.41, 5.74) is 7.47. The highest BCUT2D eigenvalue weighted by Crippen LogP contribution is 2.15. The summed E-state index contributed by atoms with van der Waals surface area (Å²) < 4.78 is 0. The lowest BCUT2D eigenvalue weighted by Crippen LogP contribution is -1.99. The van der Waals surface area contributed by atoms with E-state index in [1.807, 2.05) is 31.2 Å². The number of nitrogen functional groups attached to an aromatic ring is 1. The van der Waals surface area contributed by atoms with Gasteiger partial charge in [0, 0.05) is 6.54 Å². The molecule has 0 saturated carbocycles. The van der Waals surface area contributed by atoms with Crippen LogP contribution in [0.25, 0.3) is 0 Å². The fourth-order valence-corrected chi connectivity index (χ4v) is 0.848. The standard InChI is InChI=1S/C8H12N2.2H2O.H2S/c1-2-10-8-6-4-3-5-7(8)9;;;/h3-6,10H,2,9H2,1H3;3*1H2. The van der Waals surface area contributed by atoms with E-state index in [0.717, 1.165) is 17.9 Å². The molecule has 0 heterocycles. The fourth-order valence-electron chi connectivity index (χ4n) is 0.848. The second-order valence-electron chi connectivity index (χ2n) is 2.12. The van der Waals surface area contributed by atoms with Crippen molar-refractivity contribution in [2.75, 3.05) is 17.6 Å². The van der Waals surface area contributed by atoms with Crippen LogP contribution >= 0.6 is 13.5 Å². The SMILES string of the molecule is CCNc1ccccc1N.O.O.S. The van der Waals surface area contributed by atoms with E-state index >= 15 is 0 Å². The van der Waals surface area contributed by atoms with Gasteiger partial charge in [-0.1, -0.05) is 12.1 Å². The molecule has 0 radical (unpaired) electrons. The van der Waals surface area contributed by atoms with Crippen LogP contribution < -0.4 is 11.1 Å². The first-order valence-electron chi connectivity index (χ1n) is 3.43. The van der Waals surface area contributed by atoms with E-state index in [0.29, 0.717) is 0 Å². The van der Waals surface area contributed by atoms with E-state index in [-0.39, 0.29) is 24.4 Å². The van der Waals surface area contributed by atoms with Gasteiger partial charge in [0.1, 0.15) is 0 Å². The molecule has 5 heteroatoms. The summed E-state index contributed by atoms with van der Waals surface area (Å²) in [5.74, 6) is 0. The summed E-state index contributed by atoms with van der Waals surface area (Å²) in [7, 11) is 0. The van der Waals surface area contributed by atoms with Crippen molar-refractivity contribution in [2.24, 2.45) is 0 Å². The predicted molar refractivity (Wildman–Crippen MR) is 62.6 cm³/mol. The zero-order valence-corrected chi connectivity index (χ0v) is 8.59. The van der Waals surface area contributed by atoms with Crippen LogP contribution in [0.3, 0.4) is 0 Å². The molecule has 1 aromatic carbocycles. The molecule has 1 aromatic rings. The Morgan fingerprint density at radius 2 is 1.77 bits per heavy atom. The minimum absolute atomic E-state index is 0. The molecule has 0 spiro atoms. The highest BCUT2D eigenvalue weighted by atomic mass is 32.1. The average Bonchev–Trinajstić information content (AvgIpc) is 1.94. The minimum Gasteiger partial charge on any atom is -0.412 e. The highest BCUT2D eigenvalue weighted by molar-refractivity contribution is 7.59. The third-order valence-electron chi connectivity index (χ3n) is 1.33. The molecular formula is C8H18N2O2S. The predicted octanol–water partition coefficient (Wildman–Crippen LogP) is 0.164. The van der Waals surface area contributed by atoms with Gasteiger partial charge in [-0.15, -0.1) is 0 Å². The Morgan fingerprint density at radius 1 is 1.23 bits per heavy atom. The Kier molecular flexibility index (Phi) is 12.7. The molecule has 0 aliphatic carbocycles. The van der Waals surface area contributed by atoms with Gasteiger partial charge in [-0.05, 0) is 19.1 Å². The molecular weight excluding hydrogens is 188 g/mol. The first kappa shape index (κ1) is 18.0. The largest absolute Gasteiger partial charge is 0.412 e. The van der Waals surface area contributed by atoms with Crippen molar-refractivity contribution < 1.29 is 11.0 Å². The molecule has 0 bridgehead atoms. The van der Waals surface area contributed by atoms with Gasteiger partial charge in [0.05, 0.1) is 11.4 Å². The Hall–Kier alpha value is -0.910. The monoisotopic (exact) mass is 206 g/mol. The van der Waals surface area contributed by atoms with Gasteiger partial charge in [0.2, 0.25) is 0 Å². The van der Waals surface area contributed by atoms with Crippen LogP contribution in [0.15, 0.2) is 24.3 Å². The molecule has 0 unspecified atom stereocenters. The molecule has 0 aromatic heterocycles. The number of rotatable bonds is 2. The molecule has 0 aliphatic rings. The fraction of sp³-hybridized carbons (Fsp3) is 0.250. The summed E-state index contributed by atoms with van der Waals surface area (Å²) in [5, 5.41) is 3.15. The molecule has 1 rings (SSSR count). The zero-order chi connectivity index (χ0) is 7.40. The Labute approximate surface area is 85.2 Å². The van der Waals surface area contributed by atoms with Crippen LogP contribution in [0.2, 0.25) is 0 Å². The third kappa shape index (κ3) is 5.35. The molecule has 0 aliphatic heterocycles. The molecule has 0 atom stereocenters. The van der Waals surface area contributed by atoms with Crippen LogP contribution in [0, 0.1) is 0 Å². The highest BCUT2D eigenvalue weighted by Gasteiger charge is 1.91. The first-order valence-corrected chi connectivity index (χ1v) is 3.43. The Morgan fingerprint density at radius 3 is 2.23 bits per heavy atom. The van der Waals surface area contributed by atoms with Crippen LogP contribution in [0.5, 0.6) is 0 Å². The molecule has 78 valence electrons. The maximum atomic E-state index is 5.64. The Bertz CT molecular complexity index is 221. The van der Waals surface area contributed by atoms with Crippen LogP contribution in [0.1, 0.15) is 6.92 Å². The van der Waals surface area contributed by atoms with Crippen molar-refractivity contribution in [3.8, 4) is 0 Å². The average molecular weight is 206 g/mol. The van der Waals surface area contributed by atoms with Gasteiger partial charge in [0.25, 0.3) is 0 Å². The van der Waals surface area contributed by atoms with E-state index in [2.05, 4.69) is 5.32 Å². The summed E-state index contributed by atoms with van der Waals surface area (Å²) in [6.07, 6.45) is 0. The second-order valence-corrected chi connectivity index (χ2v) is 2.12. The maximum absolute atomic E-state index is 5.64. The number of nitrogens with two attached hydrogens (primary N) is 1. The lowest BCUT2D eigenvalue weighted by Gasteiger charge is -2.04. The maximum Gasteiger partial charge on any atom is 0.0573 e. The van der Waals surface area contributed by atoms with Crippen molar-refractivity contribution in [2.45, 2.75) is 6.92 Å². The van der Waals surface area contributed by atoms with Gasteiger partial charge in [0.15, 0.2) is 0 Å². The number of nitrogens with one attached hydrogen (secondary N) is 1. The number of para-hydroxylation sites is 2. The van der Waals surface area contributed by atoms with E-state index in [9.17, 15) is 0 Å². The van der Waals surface area contributed by atoms with Gasteiger partial charge in [-0.3, -0.25) is 0 Å². The third-order valence-corrected chi connectivity index (χ3v) is 1.33. The summed E-state index contributed by atoms with van der Waals surface area (Å²) in [4.78, 5) is 0. The summed E-state index contributed by atoms with van der Waals surface area (Å²) in [6, 6.07) is 7.75.